The highest BCUT2D eigenvalue weighted by atomic mass is 16.5. The molecule has 1 N–H and O–H groups in total. The van der Waals surface area contributed by atoms with Crippen LogP contribution in [-0.4, -0.2) is 17.3 Å². The van der Waals surface area contributed by atoms with Crippen molar-refractivity contribution >= 4 is 0 Å². The van der Waals surface area contributed by atoms with Crippen molar-refractivity contribution < 1.29 is 12.6 Å². The fourth-order valence-electron chi connectivity index (χ4n) is 2.89. The van der Waals surface area contributed by atoms with Gasteiger partial charge in [-0.05, 0) is 12.0 Å². The van der Waals surface area contributed by atoms with Gasteiger partial charge < -0.3 is 9.84 Å². The first-order chi connectivity index (χ1) is 10.5. The summed E-state index contributed by atoms with van der Waals surface area (Å²) in [5.41, 5.74) is 1.12. The van der Waals surface area contributed by atoms with Crippen LogP contribution in [0.5, 0.6) is 0 Å². The van der Waals surface area contributed by atoms with Crippen molar-refractivity contribution in [3.8, 4) is 0 Å². The largest absolute Gasteiger partial charge is 0.392 e. The van der Waals surface area contributed by atoms with Crippen molar-refractivity contribution in [3.63, 3.8) is 0 Å². The third kappa shape index (κ3) is 3.50. The Kier molecular flexibility index (Phi) is 4.44. The molecule has 0 aliphatic heterocycles. The SMILES string of the molecule is [2H]C([2H])C[C@@H]1C=C[C@@H](C)[C@@H](OCc2ccccc2)[C@@H](C)[C@@H]1O. The number of rotatable bonds is 4. The fraction of sp³-hybridized carbons (Fsp3) is 0.556. The van der Waals surface area contributed by atoms with Crippen LogP contribution in [0.25, 0.3) is 0 Å². The van der Waals surface area contributed by atoms with Crippen molar-refractivity contribution in [2.24, 2.45) is 17.8 Å². The molecule has 0 fully saturated rings. The van der Waals surface area contributed by atoms with E-state index in [4.69, 9.17) is 7.48 Å². The van der Waals surface area contributed by atoms with Gasteiger partial charge in [0.25, 0.3) is 0 Å². The Morgan fingerprint density at radius 2 is 1.95 bits per heavy atom. The number of benzene rings is 1. The Balaban J connectivity index is 2.03. The second-order valence-corrected chi connectivity index (χ2v) is 5.75. The van der Waals surface area contributed by atoms with Crippen LogP contribution in [0.2, 0.25) is 0 Å². The first-order valence-corrected chi connectivity index (χ1v) is 7.35. The second-order valence-electron chi connectivity index (χ2n) is 5.75. The van der Waals surface area contributed by atoms with E-state index in [0.29, 0.717) is 13.0 Å². The second kappa shape index (κ2) is 7.05. The van der Waals surface area contributed by atoms with E-state index in [9.17, 15) is 5.11 Å². The maximum Gasteiger partial charge on any atom is 0.0721 e. The molecule has 0 radical (unpaired) electrons. The predicted octanol–water partition coefficient (Wildman–Crippen LogP) is 3.80. The van der Waals surface area contributed by atoms with Crippen LogP contribution in [0.1, 0.15) is 35.4 Å². The van der Waals surface area contributed by atoms with Gasteiger partial charge in [-0.2, -0.15) is 0 Å². The molecule has 1 aliphatic carbocycles. The molecule has 1 aromatic carbocycles. The molecule has 1 aliphatic rings. The number of aliphatic hydroxyl groups excluding tert-OH is 1. The van der Waals surface area contributed by atoms with Gasteiger partial charge in [0.2, 0.25) is 0 Å². The van der Waals surface area contributed by atoms with Gasteiger partial charge >= 0.3 is 0 Å². The van der Waals surface area contributed by atoms with Crippen molar-refractivity contribution in [1.29, 1.82) is 0 Å². The molecule has 2 nitrogen and oxygen atoms in total. The maximum atomic E-state index is 10.6. The summed E-state index contributed by atoms with van der Waals surface area (Å²) in [6.45, 7) is 3.72. The van der Waals surface area contributed by atoms with Crippen molar-refractivity contribution in [3.05, 3.63) is 48.0 Å². The molecule has 0 bridgehead atoms. The van der Waals surface area contributed by atoms with Gasteiger partial charge in [-0.1, -0.05) is 63.2 Å². The summed E-state index contributed by atoms with van der Waals surface area (Å²) < 4.78 is 20.9. The number of ether oxygens (including phenoxy) is 1. The smallest absolute Gasteiger partial charge is 0.0721 e. The summed E-state index contributed by atoms with van der Waals surface area (Å²) in [7, 11) is 0. The quantitative estimate of drug-likeness (QED) is 0.848. The van der Waals surface area contributed by atoms with E-state index < -0.39 is 13.0 Å². The Morgan fingerprint density at radius 1 is 1.20 bits per heavy atom. The predicted molar refractivity (Wildman–Crippen MR) is 82.3 cm³/mol. The summed E-state index contributed by atoms with van der Waals surface area (Å²) in [6, 6.07) is 10.0. The van der Waals surface area contributed by atoms with Crippen LogP contribution >= 0.6 is 0 Å². The molecule has 0 saturated carbocycles. The highest BCUT2D eigenvalue weighted by Gasteiger charge is 2.34. The molecule has 0 heterocycles. The molecule has 110 valence electrons. The summed E-state index contributed by atoms with van der Waals surface area (Å²) >= 11 is 0. The average molecular weight is 276 g/mol. The zero-order chi connectivity index (χ0) is 16.1. The summed E-state index contributed by atoms with van der Waals surface area (Å²) in [6.07, 6.45) is 3.76. The summed E-state index contributed by atoms with van der Waals surface area (Å²) in [5.74, 6) is 0.0357. The molecule has 2 heteroatoms. The zero-order valence-corrected chi connectivity index (χ0v) is 12.3. The topological polar surface area (TPSA) is 29.5 Å². The van der Waals surface area contributed by atoms with E-state index >= 15 is 0 Å². The van der Waals surface area contributed by atoms with Gasteiger partial charge in [-0.15, -0.1) is 0 Å². The minimum atomic E-state index is -0.909. The molecule has 0 saturated heterocycles. The molecule has 1 aromatic rings. The Labute approximate surface area is 125 Å². The van der Waals surface area contributed by atoms with Gasteiger partial charge in [0.15, 0.2) is 0 Å². The minimum absolute atomic E-state index is 0.0301. The van der Waals surface area contributed by atoms with E-state index in [1.165, 1.54) is 0 Å². The van der Waals surface area contributed by atoms with E-state index in [1.807, 2.05) is 43.3 Å². The van der Waals surface area contributed by atoms with Crippen LogP contribution in [0.4, 0.5) is 0 Å². The van der Waals surface area contributed by atoms with Gasteiger partial charge in [0, 0.05) is 20.5 Å². The average Bonchev–Trinajstić information content (AvgIpc) is 2.59. The van der Waals surface area contributed by atoms with Gasteiger partial charge in [-0.3, -0.25) is 0 Å². The third-order valence-corrected chi connectivity index (χ3v) is 4.23. The molecule has 0 aromatic heterocycles. The molecule has 5 atom stereocenters. The van der Waals surface area contributed by atoms with Gasteiger partial charge in [-0.25, -0.2) is 0 Å². The highest BCUT2D eigenvalue weighted by molar-refractivity contribution is 5.13. The first kappa shape index (κ1) is 12.6. The Hall–Kier alpha value is -1.12. The van der Waals surface area contributed by atoms with Gasteiger partial charge in [0.1, 0.15) is 0 Å². The molecular formula is C18H26O2. The van der Waals surface area contributed by atoms with Crippen LogP contribution in [0.3, 0.4) is 0 Å². The van der Waals surface area contributed by atoms with Crippen molar-refractivity contribution in [1.82, 2.24) is 0 Å². The summed E-state index contributed by atoms with van der Waals surface area (Å²) in [4.78, 5) is 0. The van der Waals surface area contributed by atoms with E-state index in [1.54, 1.807) is 0 Å². The lowest BCUT2D eigenvalue weighted by molar-refractivity contribution is -0.0615. The van der Waals surface area contributed by atoms with Crippen molar-refractivity contribution in [2.45, 2.75) is 46.0 Å². The molecule has 0 amide bonds. The molecule has 0 unspecified atom stereocenters. The molecular weight excluding hydrogens is 248 g/mol. The number of aliphatic hydroxyl groups is 1. The van der Waals surface area contributed by atoms with Gasteiger partial charge in [0.05, 0.1) is 18.8 Å². The Morgan fingerprint density at radius 3 is 2.65 bits per heavy atom. The lowest BCUT2D eigenvalue weighted by Crippen LogP contribution is -2.37. The van der Waals surface area contributed by atoms with Crippen molar-refractivity contribution in [2.75, 3.05) is 0 Å². The lowest BCUT2D eigenvalue weighted by Gasteiger charge is -2.31. The normalized spacial score (nSPS) is 35.5. The Bertz CT molecular complexity index is 475. The molecule has 20 heavy (non-hydrogen) atoms. The van der Waals surface area contributed by atoms with Crippen LogP contribution in [0.15, 0.2) is 42.5 Å². The minimum Gasteiger partial charge on any atom is -0.392 e. The van der Waals surface area contributed by atoms with E-state index in [-0.39, 0.29) is 23.9 Å². The fourth-order valence-corrected chi connectivity index (χ4v) is 2.89. The standard InChI is InChI=1S/C18H26O2/c1-4-16-11-10-13(2)18(14(3)17(16)19)20-12-15-8-6-5-7-9-15/h5-11,13-14,16-19H,4,12H2,1-3H3/t13-,14+,16-,17+,18-/m1/s1/i1D2. The zero-order valence-electron chi connectivity index (χ0n) is 14.3. The third-order valence-electron chi connectivity index (χ3n) is 4.23. The molecule has 2 rings (SSSR count). The lowest BCUT2D eigenvalue weighted by atomic mass is 9.86. The number of hydrogen-bond acceptors (Lipinski definition) is 2. The van der Waals surface area contributed by atoms with Crippen LogP contribution in [-0.2, 0) is 11.3 Å². The maximum absolute atomic E-state index is 10.6. The van der Waals surface area contributed by atoms with E-state index in [2.05, 4.69) is 13.0 Å². The number of hydrogen-bond donors (Lipinski definition) is 1. The first-order valence-electron chi connectivity index (χ1n) is 8.51. The molecule has 0 spiro atoms. The monoisotopic (exact) mass is 276 g/mol. The highest BCUT2D eigenvalue weighted by Crippen LogP contribution is 2.31. The summed E-state index contributed by atoms with van der Waals surface area (Å²) in [5, 5.41) is 10.6. The van der Waals surface area contributed by atoms with Crippen LogP contribution < -0.4 is 0 Å². The van der Waals surface area contributed by atoms with Crippen LogP contribution in [0, 0.1) is 17.8 Å². The van der Waals surface area contributed by atoms with E-state index in [0.717, 1.165) is 5.56 Å².